The average Bonchev–Trinajstić information content (AvgIpc) is 2.83. The highest BCUT2D eigenvalue weighted by Crippen LogP contribution is 2.31. The fourth-order valence-corrected chi connectivity index (χ4v) is 4.39. The molecule has 1 aromatic heterocycles. The second-order valence-electron chi connectivity index (χ2n) is 5.54. The summed E-state index contributed by atoms with van der Waals surface area (Å²) in [5, 5.41) is 9.27. The van der Waals surface area contributed by atoms with Crippen molar-refractivity contribution in [2.24, 2.45) is 5.92 Å². The first-order valence-corrected chi connectivity index (χ1v) is 8.26. The monoisotopic (exact) mass is 280 g/mol. The third kappa shape index (κ3) is 2.66. The van der Waals surface area contributed by atoms with Gasteiger partial charge in [0, 0.05) is 19.2 Å². The van der Waals surface area contributed by atoms with Crippen LogP contribution < -0.4 is 0 Å². The van der Waals surface area contributed by atoms with Gasteiger partial charge in [-0.05, 0) is 43.1 Å². The molecule has 0 saturated carbocycles. The number of imidazole rings is 1. The molecule has 1 N–H and O–H groups in total. The first-order valence-electron chi connectivity index (χ1n) is 7.10. The van der Waals surface area contributed by atoms with Crippen LogP contribution in [0.1, 0.15) is 43.1 Å². The van der Waals surface area contributed by atoms with Gasteiger partial charge in [0.2, 0.25) is 0 Å². The summed E-state index contributed by atoms with van der Waals surface area (Å²) in [7, 11) is 0. The van der Waals surface area contributed by atoms with E-state index in [2.05, 4.69) is 9.55 Å². The minimum atomic E-state index is -0.707. The SMILES string of the molecule is O=C(O)C1CCCn2c1cnc2CC1CCSCC1. The van der Waals surface area contributed by atoms with E-state index in [9.17, 15) is 9.90 Å². The molecule has 104 valence electrons. The summed E-state index contributed by atoms with van der Waals surface area (Å²) in [6.07, 6.45) is 7.07. The summed E-state index contributed by atoms with van der Waals surface area (Å²) in [5.74, 6) is 3.31. The summed E-state index contributed by atoms with van der Waals surface area (Å²) < 4.78 is 2.17. The van der Waals surface area contributed by atoms with E-state index in [0.29, 0.717) is 0 Å². The Kier molecular flexibility index (Phi) is 3.82. The van der Waals surface area contributed by atoms with Crippen LogP contribution in [0.2, 0.25) is 0 Å². The Morgan fingerprint density at radius 1 is 1.42 bits per heavy atom. The van der Waals surface area contributed by atoms with E-state index in [0.717, 1.165) is 43.2 Å². The maximum atomic E-state index is 11.3. The molecule has 0 spiro atoms. The van der Waals surface area contributed by atoms with Gasteiger partial charge < -0.3 is 9.67 Å². The molecular weight excluding hydrogens is 260 g/mol. The van der Waals surface area contributed by atoms with Crippen molar-refractivity contribution >= 4 is 17.7 Å². The number of hydrogen-bond donors (Lipinski definition) is 1. The van der Waals surface area contributed by atoms with Gasteiger partial charge in [0.1, 0.15) is 5.82 Å². The number of aromatic nitrogens is 2. The van der Waals surface area contributed by atoms with E-state index in [1.807, 2.05) is 11.8 Å². The Morgan fingerprint density at radius 2 is 2.21 bits per heavy atom. The fourth-order valence-electron chi connectivity index (χ4n) is 3.19. The van der Waals surface area contributed by atoms with Crippen molar-refractivity contribution in [1.82, 2.24) is 9.55 Å². The number of hydrogen-bond acceptors (Lipinski definition) is 3. The molecule has 19 heavy (non-hydrogen) atoms. The number of rotatable bonds is 3. The summed E-state index contributed by atoms with van der Waals surface area (Å²) in [4.78, 5) is 15.8. The molecule has 1 aromatic rings. The van der Waals surface area contributed by atoms with Crippen molar-refractivity contribution < 1.29 is 9.90 Å². The van der Waals surface area contributed by atoms with Crippen molar-refractivity contribution in [3.05, 3.63) is 17.7 Å². The molecule has 1 unspecified atom stereocenters. The van der Waals surface area contributed by atoms with Gasteiger partial charge >= 0.3 is 5.97 Å². The number of carbonyl (C=O) groups is 1. The van der Waals surface area contributed by atoms with E-state index < -0.39 is 5.97 Å². The van der Waals surface area contributed by atoms with Gasteiger partial charge in [-0.25, -0.2) is 4.98 Å². The number of fused-ring (bicyclic) bond motifs is 1. The molecule has 2 aliphatic rings. The third-order valence-electron chi connectivity index (χ3n) is 4.31. The molecule has 5 heteroatoms. The van der Waals surface area contributed by atoms with E-state index in [-0.39, 0.29) is 5.92 Å². The lowest BCUT2D eigenvalue weighted by molar-refractivity contribution is -0.139. The maximum Gasteiger partial charge on any atom is 0.312 e. The lowest BCUT2D eigenvalue weighted by Gasteiger charge is -2.25. The number of thioether (sulfide) groups is 1. The molecule has 2 aliphatic heterocycles. The molecule has 0 radical (unpaired) electrons. The molecule has 0 aromatic carbocycles. The van der Waals surface area contributed by atoms with Crippen LogP contribution in [0.4, 0.5) is 0 Å². The van der Waals surface area contributed by atoms with Gasteiger partial charge in [-0.2, -0.15) is 11.8 Å². The van der Waals surface area contributed by atoms with Crippen molar-refractivity contribution in [3.8, 4) is 0 Å². The van der Waals surface area contributed by atoms with Gasteiger partial charge in [-0.1, -0.05) is 0 Å². The summed E-state index contributed by atoms with van der Waals surface area (Å²) in [6.45, 7) is 0.940. The summed E-state index contributed by atoms with van der Waals surface area (Å²) >= 11 is 2.04. The molecule has 3 rings (SSSR count). The largest absolute Gasteiger partial charge is 0.481 e. The van der Waals surface area contributed by atoms with E-state index in [1.165, 1.54) is 24.3 Å². The van der Waals surface area contributed by atoms with E-state index in [1.54, 1.807) is 6.20 Å². The van der Waals surface area contributed by atoms with Gasteiger partial charge in [0.25, 0.3) is 0 Å². The van der Waals surface area contributed by atoms with E-state index in [4.69, 9.17) is 0 Å². The van der Waals surface area contributed by atoms with Crippen LogP contribution in [-0.2, 0) is 17.8 Å². The lowest BCUT2D eigenvalue weighted by atomic mass is 9.95. The highest BCUT2D eigenvalue weighted by molar-refractivity contribution is 7.99. The quantitative estimate of drug-likeness (QED) is 0.924. The average molecular weight is 280 g/mol. The van der Waals surface area contributed by atoms with Crippen molar-refractivity contribution in [2.45, 2.75) is 44.6 Å². The van der Waals surface area contributed by atoms with Crippen molar-refractivity contribution in [2.75, 3.05) is 11.5 Å². The third-order valence-corrected chi connectivity index (χ3v) is 5.36. The first kappa shape index (κ1) is 13.0. The van der Waals surface area contributed by atoms with Crippen LogP contribution in [0.5, 0.6) is 0 Å². The topological polar surface area (TPSA) is 55.1 Å². The van der Waals surface area contributed by atoms with Crippen LogP contribution in [0, 0.1) is 5.92 Å². The molecule has 0 aliphatic carbocycles. The summed E-state index contributed by atoms with van der Waals surface area (Å²) in [5.41, 5.74) is 0.916. The Hall–Kier alpha value is -0.970. The molecule has 1 saturated heterocycles. The maximum absolute atomic E-state index is 11.3. The second-order valence-corrected chi connectivity index (χ2v) is 6.77. The minimum Gasteiger partial charge on any atom is -0.481 e. The predicted octanol–water partition coefficient (Wildman–Crippen LogP) is 2.53. The lowest BCUT2D eigenvalue weighted by Crippen LogP contribution is -2.23. The Labute approximate surface area is 117 Å². The van der Waals surface area contributed by atoms with Gasteiger partial charge in [-0.15, -0.1) is 0 Å². The Morgan fingerprint density at radius 3 is 2.95 bits per heavy atom. The molecule has 0 amide bonds. The highest BCUT2D eigenvalue weighted by atomic mass is 32.2. The smallest absolute Gasteiger partial charge is 0.312 e. The number of carboxylic acid groups (broad SMARTS) is 1. The first-order chi connectivity index (χ1) is 9.25. The molecule has 3 heterocycles. The Bertz CT molecular complexity index is 466. The second kappa shape index (κ2) is 5.57. The number of carboxylic acids is 1. The molecular formula is C14H20N2O2S. The fraction of sp³-hybridized carbons (Fsp3) is 0.714. The van der Waals surface area contributed by atoms with Crippen LogP contribution in [-0.4, -0.2) is 32.1 Å². The van der Waals surface area contributed by atoms with Crippen molar-refractivity contribution in [3.63, 3.8) is 0 Å². The molecule has 1 fully saturated rings. The van der Waals surface area contributed by atoms with Crippen molar-refractivity contribution in [1.29, 1.82) is 0 Å². The zero-order valence-electron chi connectivity index (χ0n) is 11.0. The number of nitrogens with zero attached hydrogens (tertiary/aromatic N) is 2. The molecule has 0 bridgehead atoms. The van der Waals surface area contributed by atoms with Crippen LogP contribution in [0.15, 0.2) is 6.20 Å². The van der Waals surface area contributed by atoms with Gasteiger partial charge in [0.05, 0.1) is 11.6 Å². The summed E-state index contributed by atoms with van der Waals surface area (Å²) in [6, 6.07) is 0. The predicted molar refractivity (Wildman–Crippen MR) is 75.6 cm³/mol. The zero-order valence-corrected chi connectivity index (χ0v) is 11.9. The zero-order chi connectivity index (χ0) is 13.2. The highest BCUT2D eigenvalue weighted by Gasteiger charge is 2.29. The molecule has 4 nitrogen and oxygen atoms in total. The van der Waals surface area contributed by atoms with Crippen LogP contribution in [0.25, 0.3) is 0 Å². The van der Waals surface area contributed by atoms with Crippen LogP contribution >= 0.6 is 11.8 Å². The number of aliphatic carboxylic acids is 1. The van der Waals surface area contributed by atoms with Gasteiger partial charge in [0.15, 0.2) is 0 Å². The molecule has 1 atom stereocenters. The minimum absolute atomic E-state index is 0.350. The van der Waals surface area contributed by atoms with E-state index >= 15 is 0 Å². The van der Waals surface area contributed by atoms with Gasteiger partial charge in [-0.3, -0.25) is 4.79 Å². The standard InChI is InChI=1S/C14H20N2O2S/c17-14(18)11-2-1-5-16-12(11)9-15-13(16)8-10-3-6-19-7-4-10/h9-11H,1-8H2,(H,17,18). The Balaban J connectivity index is 1.78. The normalized spacial score (nSPS) is 24.1. The van der Waals surface area contributed by atoms with Crippen LogP contribution in [0.3, 0.4) is 0 Å².